The molecule has 6 nitrogen and oxygen atoms in total. The number of likely N-dealkylation sites (N-methyl/N-ethyl adjacent to an activating group) is 1. The predicted octanol–water partition coefficient (Wildman–Crippen LogP) is 1.14. The van der Waals surface area contributed by atoms with E-state index in [2.05, 4.69) is 16.8 Å². The summed E-state index contributed by atoms with van der Waals surface area (Å²) in [6.45, 7) is 10.5. The van der Waals surface area contributed by atoms with Crippen molar-refractivity contribution in [1.29, 1.82) is 5.26 Å². The van der Waals surface area contributed by atoms with Crippen molar-refractivity contribution in [1.82, 2.24) is 14.4 Å². The molecule has 2 rings (SSSR count). The van der Waals surface area contributed by atoms with Crippen LogP contribution in [0.1, 0.15) is 30.5 Å². The van der Waals surface area contributed by atoms with E-state index in [0.717, 1.165) is 26.2 Å². The minimum atomic E-state index is -0.390. The van der Waals surface area contributed by atoms with E-state index in [9.17, 15) is 15.2 Å². The van der Waals surface area contributed by atoms with E-state index in [1.165, 1.54) is 4.57 Å². The lowest BCUT2D eigenvalue weighted by Crippen LogP contribution is -2.44. The number of aromatic hydroxyl groups is 1. The molecule has 1 aliphatic heterocycles. The molecule has 0 aromatic carbocycles. The van der Waals surface area contributed by atoms with Crippen molar-refractivity contribution in [3.05, 3.63) is 27.0 Å². The van der Waals surface area contributed by atoms with Gasteiger partial charge in [0.25, 0.3) is 5.56 Å². The normalized spacial score (nSPS) is 16.7. The lowest BCUT2D eigenvalue weighted by molar-refractivity contribution is 0.146. The van der Waals surface area contributed by atoms with Crippen LogP contribution in [0.25, 0.3) is 0 Å². The van der Waals surface area contributed by atoms with Gasteiger partial charge in [-0.15, -0.1) is 0 Å². The Labute approximate surface area is 137 Å². The summed E-state index contributed by atoms with van der Waals surface area (Å²) >= 11 is 0. The molecular weight excluding hydrogens is 292 g/mol. The van der Waals surface area contributed by atoms with Gasteiger partial charge in [0.2, 0.25) is 0 Å². The molecule has 1 fully saturated rings. The molecule has 1 aromatic rings. The van der Waals surface area contributed by atoms with Crippen LogP contribution < -0.4 is 5.56 Å². The second kappa shape index (κ2) is 7.16. The van der Waals surface area contributed by atoms with Crippen LogP contribution in [0, 0.1) is 24.2 Å². The first-order valence-electron chi connectivity index (χ1n) is 8.11. The summed E-state index contributed by atoms with van der Waals surface area (Å²) in [5.74, 6) is 0.225. The first-order valence-corrected chi connectivity index (χ1v) is 8.11. The molecule has 0 bridgehead atoms. The Morgan fingerprint density at radius 3 is 2.39 bits per heavy atom. The predicted molar refractivity (Wildman–Crippen MR) is 89.4 cm³/mol. The molecule has 1 aromatic heterocycles. The van der Waals surface area contributed by atoms with Gasteiger partial charge in [-0.1, -0.05) is 13.8 Å². The van der Waals surface area contributed by atoms with Gasteiger partial charge in [0.05, 0.1) is 0 Å². The Bertz CT molecular complexity index is 665. The van der Waals surface area contributed by atoms with Crippen molar-refractivity contribution in [3.63, 3.8) is 0 Å². The van der Waals surface area contributed by atoms with Crippen molar-refractivity contribution < 1.29 is 5.11 Å². The molecule has 1 aliphatic rings. The van der Waals surface area contributed by atoms with Gasteiger partial charge >= 0.3 is 0 Å². The van der Waals surface area contributed by atoms with Crippen LogP contribution in [0.5, 0.6) is 5.88 Å². The van der Waals surface area contributed by atoms with E-state index < -0.39 is 5.56 Å². The lowest BCUT2D eigenvalue weighted by atomic mass is 10.0. The summed E-state index contributed by atoms with van der Waals surface area (Å²) < 4.78 is 1.35. The third-order valence-corrected chi connectivity index (χ3v) is 4.45. The van der Waals surface area contributed by atoms with Crippen LogP contribution in [0.3, 0.4) is 0 Å². The Morgan fingerprint density at radius 2 is 1.87 bits per heavy atom. The fraction of sp³-hybridized carbons (Fsp3) is 0.647. The Morgan fingerprint density at radius 1 is 1.26 bits per heavy atom. The monoisotopic (exact) mass is 318 g/mol. The Balaban J connectivity index is 2.42. The van der Waals surface area contributed by atoms with Gasteiger partial charge in [0.15, 0.2) is 5.88 Å². The average Bonchev–Trinajstić information content (AvgIpc) is 2.50. The molecule has 23 heavy (non-hydrogen) atoms. The topological polar surface area (TPSA) is 72.5 Å². The maximum absolute atomic E-state index is 12.4. The molecule has 1 N–H and O–H groups in total. The van der Waals surface area contributed by atoms with E-state index in [1.54, 1.807) is 6.92 Å². The van der Waals surface area contributed by atoms with Crippen LogP contribution in [-0.2, 0) is 13.1 Å². The summed E-state index contributed by atoms with van der Waals surface area (Å²) in [4.78, 5) is 16.9. The molecule has 0 atom stereocenters. The summed E-state index contributed by atoms with van der Waals surface area (Å²) in [5, 5.41) is 20.0. The van der Waals surface area contributed by atoms with Gasteiger partial charge in [0.1, 0.15) is 11.6 Å². The lowest BCUT2D eigenvalue weighted by Gasteiger charge is -2.33. The highest BCUT2D eigenvalue weighted by Crippen LogP contribution is 2.24. The molecule has 2 heterocycles. The maximum atomic E-state index is 12.4. The van der Waals surface area contributed by atoms with Gasteiger partial charge in [-0.3, -0.25) is 14.3 Å². The summed E-state index contributed by atoms with van der Waals surface area (Å²) in [7, 11) is 2.09. The van der Waals surface area contributed by atoms with Crippen LogP contribution >= 0.6 is 0 Å². The highest BCUT2D eigenvalue weighted by Gasteiger charge is 2.22. The van der Waals surface area contributed by atoms with E-state index in [1.807, 2.05) is 19.9 Å². The van der Waals surface area contributed by atoms with Crippen LogP contribution in [0.4, 0.5) is 0 Å². The minimum Gasteiger partial charge on any atom is -0.494 e. The van der Waals surface area contributed by atoms with Gasteiger partial charge in [0, 0.05) is 44.8 Å². The van der Waals surface area contributed by atoms with Crippen LogP contribution in [-0.4, -0.2) is 52.7 Å². The van der Waals surface area contributed by atoms with Crippen LogP contribution in [0.2, 0.25) is 0 Å². The zero-order valence-corrected chi connectivity index (χ0v) is 14.5. The van der Waals surface area contributed by atoms with Gasteiger partial charge in [-0.2, -0.15) is 5.26 Å². The van der Waals surface area contributed by atoms with Crippen molar-refractivity contribution in [2.45, 2.75) is 33.9 Å². The number of hydrogen-bond acceptors (Lipinski definition) is 5. The zero-order chi connectivity index (χ0) is 17.1. The van der Waals surface area contributed by atoms with Gasteiger partial charge in [-0.05, 0) is 25.5 Å². The number of piperazine rings is 1. The molecule has 0 aliphatic carbocycles. The number of nitriles is 1. The molecule has 0 unspecified atom stereocenters. The second-order valence-corrected chi connectivity index (χ2v) is 6.80. The van der Waals surface area contributed by atoms with E-state index in [-0.39, 0.29) is 17.4 Å². The first kappa shape index (κ1) is 17.5. The van der Waals surface area contributed by atoms with Crippen LogP contribution in [0.15, 0.2) is 4.79 Å². The smallest absolute Gasteiger partial charge is 0.271 e. The highest BCUT2D eigenvalue weighted by molar-refractivity contribution is 5.45. The molecule has 126 valence electrons. The van der Waals surface area contributed by atoms with E-state index in [0.29, 0.717) is 24.2 Å². The largest absolute Gasteiger partial charge is 0.494 e. The van der Waals surface area contributed by atoms with E-state index >= 15 is 0 Å². The summed E-state index contributed by atoms with van der Waals surface area (Å²) in [5.41, 5.74) is 1.06. The standard InChI is InChI=1S/C17H26N4O2/c1-12(2)10-21-16(22)14(9-18)13(3)15(17(21)23)11-20-7-5-19(4)6-8-20/h12,23H,5-8,10-11H2,1-4H3. The molecule has 0 saturated carbocycles. The number of pyridine rings is 1. The molecule has 1 saturated heterocycles. The maximum Gasteiger partial charge on any atom is 0.271 e. The number of aromatic nitrogens is 1. The molecular formula is C17H26N4O2. The molecule has 0 radical (unpaired) electrons. The summed E-state index contributed by atoms with van der Waals surface area (Å²) in [6, 6.07) is 2.02. The summed E-state index contributed by atoms with van der Waals surface area (Å²) in [6.07, 6.45) is 0. The average molecular weight is 318 g/mol. The highest BCUT2D eigenvalue weighted by atomic mass is 16.3. The van der Waals surface area contributed by atoms with Crippen molar-refractivity contribution in [3.8, 4) is 11.9 Å². The number of hydrogen-bond donors (Lipinski definition) is 1. The van der Waals surface area contributed by atoms with Crippen molar-refractivity contribution in [2.24, 2.45) is 5.92 Å². The van der Waals surface area contributed by atoms with Gasteiger partial charge < -0.3 is 10.0 Å². The second-order valence-electron chi connectivity index (χ2n) is 6.80. The molecule has 0 spiro atoms. The molecule has 6 heteroatoms. The third kappa shape index (κ3) is 3.74. The Hall–Kier alpha value is -1.84. The number of rotatable bonds is 4. The first-order chi connectivity index (χ1) is 10.8. The zero-order valence-electron chi connectivity index (χ0n) is 14.5. The molecule has 0 amide bonds. The fourth-order valence-corrected chi connectivity index (χ4v) is 2.96. The third-order valence-electron chi connectivity index (χ3n) is 4.45. The SMILES string of the molecule is Cc1c(CN2CCN(C)CC2)c(O)n(CC(C)C)c(=O)c1C#N. The quantitative estimate of drug-likeness (QED) is 0.901. The minimum absolute atomic E-state index is 0.0131. The van der Waals surface area contributed by atoms with Crippen molar-refractivity contribution >= 4 is 0 Å². The van der Waals surface area contributed by atoms with E-state index in [4.69, 9.17) is 0 Å². The number of nitrogens with zero attached hydrogens (tertiary/aromatic N) is 4. The fourth-order valence-electron chi connectivity index (χ4n) is 2.96. The van der Waals surface area contributed by atoms with Gasteiger partial charge in [-0.25, -0.2) is 0 Å². The Kier molecular flexibility index (Phi) is 5.45. The van der Waals surface area contributed by atoms with Crippen molar-refractivity contribution in [2.75, 3.05) is 33.2 Å².